The van der Waals surface area contributed by atoms with Crippen LogP contribution in [0, 0.1) is 0 Å². The van der Waals surface area contributed by atoms with Crippen LogP contribution >= 0.6 is 0 Å². The number of methoxy groups -OCH3 is 1. The Morgan fingerprint density at radius 3 is 2.88 bits per heavy atom. The number of rotatable bonds is 1. The molecule has 0 spiro atoms. The summed E-state index contributed by atoms with van der Waals surface area (Å²) in [5, 5.41) is 0. The van der Waals surface area contributed by atoms with Gasteiger partial charge in [0.1, 0.15) is 5.75 Å². The standard InChI is InChI=1S/C13H18N2O2/c1-9-3-4-10-5-6-12(17-2)7-11(10)8-15(9)13(14)16/h5-7,9H,3-4,8H2,1-2H3,(H2,14,16). The van der Waals surface area contributed by atoms with Crippen molar-refractivity contribution in [2.45, 2.75) is 32.4 Å². The molecule has 2 rings (SSSR count). The second kappa shape index (κ2) is 4.65. The molecule has 1 aliphatic heterocycles. The molecule has 1 heterocycles. The van der Waals surface area contributed by atoms with Gasteiger partial charge in [-0.3, -0.25) is 0 Å². The Labute approximate surface area is 101 Å². The van der Waals surface area contributed by atoms with Gasteiger partial charge >= 0.3 is 6.03 Å². The highest BCUT2D eigenvalue weighted by Crippen LogP contribution is 2.25. The number of carbonyl (C=O) groups excluding carboxylic acids is 1. The number of aryl methyl sites for hydroxylation is 1. The molecule has 17 heavy (non-hydrogen) atoms. The van der Waals surface area contributed by atoms with E-state index in [1.165, 1.54) is 5.56 Å². The molecule has 0 aliphatic carbocycles. The van der Waals surface area contributed by atoms with Crippen LogP contribution in [-0.4, -0.2) is 24.1 Å². The van der Waals surface area contributed by atoms with E-state index >= 15 is 0 Å². The molecule has 2 amide bonds. The lowest BCUT2D eigenvalue weighted by Crippen LogP contribution is -2.40. The fourth-order valence-electron chi connectivity index (χ4n) is 2.28. The van der Waals surface area contributed by atoms with Crippen molar-refractivity contribution in [2.75, 3.05) is 7.11 Å². The molecule has 0 bridgehead atoms. The van der Waals surface area contributed by atoms with Crippen molar-refractivity contribution in [1.82, 2.24) is 4.90 Å². The number of carbonyl (C=O) groups is 1. The molecule has 0 saturated heterocycles. The minimum absolute atomic E-state index is 0.186. The van der Waals surface area contributed by atoms with Crippen LogP contribution in [-0.2, 0) is 13.0 Å². The number of nitrogens with two attached hydrogens (primary N) is 1. The van der Waals surface area contributed by atoms with E-state index < -0.39 is 0 Å². The molecule has 0 radical (unpaired) electrons. The van der Waals surface area contributed by atoms with Crippen LogP contribution in [0.5, 0.6) is 5.75 Å². The SMILES string of the molecule is COc1ccc2c(c1)CN(C(N)=O)C(C)CC2. The summed E-state index contributed by atoms with van der Waals surface area (Å²) in [6, 6.07) is 5.86. The molecule has 0 fully saturated rings. The number of nitrogens with zero attached hydrogens (tertiary/aromatic N) is 1. The van der Waals surface area contributed by atoms with Gasteiger partial charge in [-0.2, -0.15) is 0 Å². The Morgan fingerprint density at radius 2 is 2.24 bits per heavy atom. The third-order valence-electron chi connectivity index (χ3n) is 3.40. The summed E-state index contributed by atoms with van der Waals surface area (Å²) in [6.07, 6.45) is 1.92. The largest absolute Gasteiger partial charge is 0.497 e. The number of hydrogen-bond donors (Lipinski definition) is 1. The van der Waals surface area contributed by atoms with Gasteiger partial charge in [0.2, 0.25) is 0 Å². The summed E-state index contributed by atoms with van der Waals surface area (Å²) < 4.78 is 5.21. The van der Waals surface area contributed by atoms with E-state index in [4.69, 9.17) is 10.5 Å². The Bertz CT molecular complexity index is 431. The van der Waals surface area contributed by atoms with Gasteiger partial charge in [-0.05, 0) is 43.0 Å². The summed E-state index contributed by atoms with van der Waals surface area (Å²) in [5.74, 6) is 0.822. The van der Waals surface area contributed by atoms with E-state index in [1.807, 2.05) is 19.1 Å². The lowest BCUT2D eigenvalue weighted by atomic mass is 10.0. The lowest BCUT2D eigenvalue weighted by Gasteiger charge is -2.25. The second-order valence-electron chi connectivity index (χ2n) is 4.49. The van der Waals surface area contributed by atoms with E-state index in [9.17, 15) is 4.79 Å². The smallest absolute Gasteiger partial charge is 0.315 e. The van der Waals surface area contributed by atoms with Crippen LogP contribution in [0.2, 0.25) is 0 Å². The average molecular weight is 234 g/mol. The average Bonchev–Trinajstić information content (AvgIpc) is 2.48. The third kappa shape index (κ3) is 2.35. The maximum Gasteiger partial charge on any atom is 0.315 e. The van der Waals surface area contributed by atoms with Gasteiger partial charge in [-0.15, -0.1) is 0 Å². The molecule has 1 aromatic rings. The maximum atomic E-state index is 11.4. The maximum absolute atomic E-state index is 11.4. The number of ether oxygens (including phenoxy) is 1. The Kier molecular flexibility index (Phi) is 3.22. The highest BCUT2D eigenvalue weighted by molar-refractivity contribution is 5.72. The molecule has 92 valence electrons. The zero-order valence-electron chi connectivity index (χ0n) is 10.3. The molecule has 4 heteroatoms. The molecule has 1 unspecified atom stereocenters. The number of amides is 2. The third-order valence-corrected chi connectivity index (χ3v) is 3.40. The van der Waals surface area contributed by atoms with Crippen molar-refractivity contribution in [3.8, 4) is 5.75 Å². The van der Waals surface area contributed by atoms with E-state index in [0.29, 0.717) is 6.54 Å². The van der Waals surface area contributed by atoms with Crippen LogP contribution in [0.3, 0.4) is 0 Å². The van der Waals surface area contributed by atoms with Crippen molar-refractivity contribution < 1.29 is 9.53 Å². The van der Waals surface area contributed by atoms with Gasteiger partial charge in [-0.1, -0.05) is 6.07 Å². The van der Waals surface area contributed by atoms with Crippen LogP contribution in [0.15, 0.2) is 18.2 Å². The van der Waals surface area contributed by atoms with E-state index in [0.717, 1.165) is 24.2 Å². The van der Waals surface area contributed by atoms with Crippen molar-refractivity contribution in [3.63, 3.8) is 0 Å². The second-order valence-corrected chi connectivity index (χ2v) is 4.49. The molecule has 1 aromatic carbocycles. The van der Waals surface area contributed by atoms with Crippen molar-refractivity contribution in [1.29, 1.82) is 0 Å². The highest BCUT2D eigenvalue weighted by atomic mass is 16.5. The van der Waals surface area contributed by atoms with Gasteiger partial charge < -0.3 is 15.4 Å². The van der Waals surface area contributed by atoms with Crippen molar-refractivity contribution >= 4 is 6.03 Å². The molecule has 0 aromatic heterocycles. The molecular weight excluding hydrogens is 216 g/mol. The fourth-order valence-corrected chi connectivity index (χ4v) is 2.28. The van der Waals surface area contributed by atoms with Gasteiger partial charge in [0, 0.05) is 12.6 Å². The number of urea groups is 1. The first-order valence-electron chi connectivity index (χ1n) is 5.83. The first-order chi connectivity index (χ1) is 8.11. The van der Waals surface area contributed by atoms with Crippen molar-refractivity contribution in [2.24, 2.45) is 5.73 Å². The predicted octanol–water partition coefficient (Wildman–Crippen LogP) is 1.91. The van der Waals surface area contributed by atoms with E-state index in [2.05, 4.69) is 6.07 Å². The van der Waals surface area contributed by atoms with Gasteiger partial charge in [0.15, 0.2) is 0 Å². The Hall–Kier alpha value is -1.71. The molecule has 0 saturated carbocycles. The first kappa shape index (κ1) is 11.8. The first-order valence-corrected chi connectivity index (χ1v) is 5.83. The minimum atomic E-state index is -0.354. The van der Waals surface area contributed by atoms with Crippen LogP contribution in [0.4, 0.5) is 4.79 Å². The quantitative estimate of drug-likeness (QED) is 0.807. The van der Waals surface area contributed by atoms with Crippen molar-refractivity contribution in [3.05, 3.63) is 29.3 Å². The van der Waals surface area contributed by atoms with Crippen LogP contribution in [0.25, 0.3) is 0 Å². The van der Waals surface area contributed by atoms with Gasteiger partial charge in [0.05, 0.1) is 7.11 Å². The number of primary amides is 1. The number of fused-ring (bicyclic) bond motifs is 1. The monoisotopic (exact) mass is 234 g/mol. The Morgan fingerprint density at radius 1 is 1.47 bits per heavy atom. The molecular formula is C13H18N2O2. The van der Waals surface area contributed by atoms with Crippen LogP contribution in [0.1, 0.15) is 24.5 Å². The lowest BCUT2D eigenvalue weighted by molar-refractivity contribution is 0.184. The topological polar surface area (TPSA) is 55.6 Å². The van der Waals surface area contributed by atoms with Gasteiger partial charge in [-0.25, -0.2) is 4.79 Å². The summed E-state index contributed by atoms with van der Waals surface area (Å²) in [5.41, 5.74) is 7.82. The zero-order valence-corrected chi connectivity index (χ0v) is 10.3. The normalized spacial score (nSPS) is 19.4. The van der Waals surface area contributed by atoms with E-state index in [-0.39, 0.29) is 12.1 Å². The summed E-state index contributed by atoms with van der Waals surface area (Å²) in [7, 11) is 1.65. The highest BCUT2D eigenvalue weighted by Gasteiger charge is 2.23. The summed E-state index contributed by atoms with van der Waals surface area (Å²) in [6.45, 7) is 2.61. The number of benzene rings is 1. The summed E-state index contributed by atoms with van der Waals surface area (Å²) >= 11 is 0. The fraction of sp³-hybridized carbons (Fsp3) is 0.462. The molecule has 1 atom stereocenters. The summed E-state index contributed by atoms with van der Waals surface area (Å²) in [4.78, 5) is 13.1. The molecule has 4 nitrogen and oxygen atoms in total. The molecule has 2 N–H and O–H groups in total. The Balaban J connectivity index is 2.34. The number of hydrogen-bond acceptors (Lipinski definition) is 2. The van der Waals surface area contributed by atoms with Crippen LogP contribution < -0.4 is 10.5 Å². The van der Waals surface area contributed by atoms with E-state index in [1.54, 1.807) is 12.0 Å². The minimum Gasteiger partial charge on any atom is -0.497 e. The van der Waals surface area contributed by atoms with Gasteiger partial charge in [0.25, 0.3) is 0 Å². The predicted molar refractivity (Wildman–Crippen MR) is 65.9 cm³/mol. The molecule has 1 aliphatic rings. The zero-order chi connectivity index (χ0) is 12.4.